The molecule has 0 radical (unpaired) electrons. The van der Waals surface area contributed by atoms with E-state index in [0.29, 0.717) is 74.5 Å². The molecule has 0 spiro atoms. The summed E-state index contributed by atoms with van der Waals surface area (Å²) in [5.41, 5.74) is 13.6. The molecule has 134 heavy (non-hydrogen) atoms. The van der Waals surface area contributed by atoms with Crippen molar-refractivity contribution < 1.29 is 77.3 Å². The molecule has 9 N–H and O–H groups in total. The Morgan fingerprint density at radius 2 is 0.754 bits per heavy atom. The molecule has 0 saturated heterocycles. The zero-order valence-electron chi connectivity index (χ0n) is 68.0. The van der Waals surface area contributed by atoms with Crippen LogP contribution in [0.2, 0.25) is 15.1 Å². The lowest BCUT2D eigenvalue weighted by molar-refractivity contribution is -0.115. The first-order valence-electron chi connectivity index (χ1n) is 38.0. The summed E-state index contributed by atoms with van der Waals surface area (Å²) < 4.78 is 113. The minimum atomic E-state index is -1.75. The molecule has 7 aliphatic rings. The highest BCUT2D eigenvalue weighted by atomic mass is 35.5. The number of nitrogens with zero attached hydrogens (tertiary/aromatic N) is 16. The number of fused-ring (bicyclic) bond motifs is 7. The Hall–Kier alpha value is -15.6. The summed E-state index contributed by atoms with van der Waals surface area (Å²) in [7, 11) is -9.64. The number of halogens is 3. The number of primary amides is 1. The van der Waals surface area contributed by atoms with Gasteiger partial charge in [0, 0.05) is 90.8 Å². The van der Waals surface area contributed by atoms with Gasteiger partial charge in [-0.25, -0.2) is 62.2 Å². The summed E-state index contributed by atoms with van der Waals surface area (Å²) in [6.45, 7) is 3.98. The molecule has 15 aromatic rings. The van der Waals surface area contributed by atoms with Gasteiger partial charge in [-0.1, -0.05) is 82.8 Å². The van der Waals surface area contributed by atoms with Crippen LogP contribution in [0.1, 0.15) is 48.8 Å². The van der Waals surface area contributed by atoms with E-state index < -0.39 is 112 Å². The van der Waals surface area contributed by atoms with Crippen molar-refractivity contribution in [1.29, 1.82) is 10.5 Å². The summed E-state index contributed by atoms with van der Waals surface area (Å²) in [6.07, 6.45) is 16.9. The molecule has 8 aromatic carbocycles. The van der Waals surface area contributed by atoms with E-state index in [2.05, 4.69) is 68.7 Å². The van der Waals surface area contributed by atoms with Crippen molar-refractivity contribution in [3.8, 4) is 17.9 Å². The van der Waals surface area contributed by atoms with Crippen molar-refractivity contribution in [3.63, 3.8) is 0 Å². The molecule has 0 saturated carbocycles. The molecule has 8 amide bonds. The lowest BCUT2D eigenvalue weighted by atomic mass is 10.1. The van der Waals surface area contributed by atoms with Gasteiger partial charge in [0.2, 0.25) is 11.7 Å². The Balaban J connectivity index is 0.000000114. The average molecular weight is 1990 g/mol. The largest absolute Gasteiger partial charge is 0.497 e. The second-order valence-corrected chi connectivity index (χ2v) is 37.4. The molecule has 0 aliphatic carbocycles. The molecule has 41 nitrogen and oxygen atoms in total. The molecule has 7 aliphatic heterocycles. The second-order valence-electron chi connectivity index (χ2n) is 28.1. The van der Waals surface area contributed by atoms with E-state index in [1.807, 2.05) is 74.5 Å². The van der Waals surface area contributed by atoms with Crippen molar-refractivity contribution in [2.45, 2.75) is 13.8 Å². The van der Waals surface area contributed by atoms with Crippen LogP contribution in [0.4, 0.5) is 0 Å². The summed E-state index contributed by atoms with van der Waals surface area (Å²) in [5.74, 6) is -3.12. The molecular formula is C83H55Cl3N24O17S7. The van der Waals surface area contributed by atoms with E-state index in [1.54, 1.807) is 135 Å². The molecule has 51 heteroatoms. The number of ether oxygens (including phenoxy) is 1. The fourth-order valence-electron chi connectivity index (χ4n) is 13.6. The molecule has 0 bridgehead atoms. The number of nitrogens with two attached hydrogens (primary N) is 1. The number of methoxy groups -OCH3 is 1. The van der Waals surface area contributed by atoms with Gasteiger partial charge in [0.15, 0.2) is 118 Å². The Morgan fingerprint density at radius 3 is 1.20 bits per heavy atom. The van der Waals surface area contributed by atoms with Gasteiger partial charge in [0.25, 0.3) is 41.4 Å². The van der Waals surface area contributed by atoms with Gasteiger partial charge < -0.3 is 10.5 Å². The van der Waals surface area contributed by atoms with Crippen LogP contribution in [0.15, 0.2) is 225 Å². The number of para-hydroxylation sites is 1. The number of aryl methyl sites for hydroxylation is 2. The number of nitrogens with one attached hydrogen (secondary N) is 7. The zero-order valence-corrected chi connectivity index (χ0v) is 76.0. The molecule has 7 unspecified atom stereocenters. The fraction of sp³-hybridized carbons (Fsp3) is 0.0361. The number of hydrogen-bond donors (Lipinski definition) is 8. The Bertz CT molecular complexity index is 8220. The number of nitriles is 2. The van der Waals surface area contributed by atoms with Gasteiger partial charge >= 0.3 is 0 Å². The number of aromatic nitrogens is 14. The van der Waals surface area contributed by atoms with E-state index in [-0.39, 0.29) is 59.8 Å². The Labute approximate surface area is 783 Å². The lowest BCUT2D eigenvalue weighted by Crippen LogP contribution is -2.17. The van der Waals surface area contributed by atoms with E-state index in [0.717, 1.165) is 55.0 Å². The van der Waals surface area contributed by atoms with Crippen molar-refractivity contribution >= 4 is 276 Å². The predicted molar refractivity (Wildman–Crippen MR) is 501 cm³/mol. The minimum absolute atomic E-state index is 0.104. The highest BCUT2D eigenvalue weighted by molar-refractivity contribution is 7.95. The topological polar surface area (TPSA) is 565 Å². The molecule has 7 aromatic heterocycles. The maximum atomic E-state index is 13.1. The smallest absolute Gasteiger partial charge is 0.258 e. The van der Waals surface area contributed by atoms with Crippen LogP contribution in [-0.4, -0.2) is 158 Å². The van der Waals surface area contributed by atoms with Crippen LogP contribution in [-0.2, 0) is 110 Å². The van der Waals surface area contributed by atoms with Gasteiger partial charge in [-0.15, -0.1) is 0 Å². The van der Waals surface area contributed by atoms with Crippen LogP contribution in [0.5, 0.6) is 5.75 Å². The van der Waals surface area contributed by atoms with Crippen molar-refractivity contribution in [3.05, 3.63) is 279 Å². The molecule has 7 atom stereocenters. The normalized spacial score (nSPS) is 18.4. The monoisotopic (exact) mass is 1990 g/mol. The predicted octanol–water partition coefficient (Wildman–Crippen LogP) is 7.06. The summed E-state index contributed by atoms with van der Waals surface area (Å²) in [4.78, 5) is 103. The highest BCUT2D eigenvalue weighted by Gasteiger charge is 2.33. The standard InChI is InChI=1S/C17H9Cl2N3O3S.C11H5ClN4O2S.C11H8N4O3S.C11H6N4O2S.C11H9N3O3S.2C11H9N3O2S/c18-10-5-3-6-11(19)15(10)17(24)16-9-4-1-2-7-12(9)22(20-16)14-8-13(23)21-26(14)25;12-6-1-2-9-7(3-6)8(5-13)14-16(9)11-4-10(17)15-19(11)18;12-11(17)6-1-2-8-7(3-6)5-13-15(8)10-4-9(16)14-19(10)18;12-5-7-1-2-9-8(3-7)6-13-15(9)11-4-10(16)14-18(11)17;1-17-8-2-3-9-7(4-8)6-12-14(9)11-5-10(15)13-18(11)16;1-7-2-3-9-8(4-7)6-12-14(9)11-5-10(15)13-17(11)16;1-7-3-2-4-9-8(7)6-12-14(9)11-5-10(15)13-17(11)16/h1-8H,(H,21,23);1-4H,(H,15,17);1-5H,(H2,12,17)(H,14,16);1-4,6H,(H,14,16);2-6H,1H3,(H,13,15);2*2-6H,1H3,(H,13,15). The van der Waals surface area contributed by atoms with Gasteiger partial charge in [0.1, 0.15) is 17.5 Å². The van der Waals surface area contributed by atoms with Crippen LogP contribution in [0.25, 0.3) is 112 Å². The number of rotatable bonds is 11. The molecule has 0 fully saturated rings. The van der Waals surface area contributed by atoms with Gasteiger partial charge in [-0.2, -0.15) is 46.2 Å². The van der Waals surface area contributed by atoms with Crippen LogP contribution in [0.3, 0.4) is 0 Å². The molecular weight excluding hydrogens is 1940 g/mol. The summed E-state index contributed by atoms with van der Waals surface area (Å²) in [6, 6.07) is 47.5. The van der Waals surface area contributed by atoms with E-state index >= 15 is 0 Å². The minimum Gasteiger partial charge on any atom is -0.497 e. The van der Waals surface area contributed by atoms with E-state index in [1.165, 1.54) is 81.5 Å². The van der Waals surface area contributed by atoms with Gasteiger partial charge in [-0.05, 0) is 129 Å². The Kier molecular flexibility index (Phi) is 26.3. The van der Waals surface area contributed by atoms with Crippen LogP contribution < -0.4 is 43.5 Å². The quantitative estimate of drug-likeness (QED) is 0.0601. The third kappa shape index (κ3) is 18.8. The molecule has 22 rings (SSSR count). The highest BCUT2D eigenvalue weighted by Crippen LogP contribution is 2.35. The number of benzene rings is 8. The third-order valence-corrected chi connectivity index (χ3v) is 27.8. The maximum Gasteiger partial charge on any atom is 0.258 e. The van der Waals surface area contributed by atoms with Gasteiger partial charge in [-0.3, -0.25) is 76.2 Å². The average Bonchev–Trinajstić information content (AvgIpc) is 1.61. The number of ketones is 1. The third-order valence-electron chi connectivity index (χ3n) is 19.5. The van der Waals surface area contributed by atoms with Crippen LogP contribution >= 0.6 is 34.8 Å². The Morgan fingerprint density at radius 1 is 0.381 bits per heavy atom. The second kappa shape index (κ2) is 38.4. The summed E-state index contributed by atoms with van der Waals surface area (Å²) in [5, 5.41) is 55.1. The lowest BCUT2D eigenvalue weighted by Gasteiger charge is -2.04. The number of carbonyl (C=O) groups is 9. The number of amides is 8. The maximum absolute atomic E-state index is 13.1. The van der Waals surface area contributed by atoms with Crippen molar-refractivity contribution in [2.24, 2.45) is 5.73 Å². The van der Waals surface area contributed by atoms with Crippen molar-refractivity contribution in [1.82, 2.24) is 102 Å². The summed E-state index contributed by atoms with van der Waals surface area (Å²) >= 11 is 18.2. The fourth-order valence-corrected chi connectivity index (χ4v) is 20.3. The number of hydrogen-bond acceptors (Lipinski definition) is 26. The zero-order chi connectivity index (χ0) is 94.9. The molecule has 672 valence electrons. The van der Waals surface area contributed by atoms with E-state index in [9.17, 15) is 72.6 Å². The SMILES string of the molecule is COc1ccc2c(cnn2C2=CC(=O)NS2=O)c1.Cc1ccc2c(cnn2C2=CC(=O)NS2=O)c1.Cc1cccc2c1cnn2C1=CC(=O)NS1=O.N#Cc1ccc2c(cnn2C2=CC(=O)NS2=O)c1.N#Cc1nn(C2=CC(=O)NS2=O)c2ccc(Cl)cc12.NC(=O)c1ccc2c(cnn2C2=CC(=O)NS2=O)c1.O=C1C=C(n2nc(C(=O)c3c(Cl)cccc3Cl)c3ccccc32)S(=O)N1. The van der Waals surface area contributed by atoms with Gasteiger partial charge in [0.05, 0.1) is 104 Å². The van der Waals surface area contributed by atoms with Crippen LogP contribution in [0, 0.1) is 36.5 Å². The first-order chi connectivity index (χ1) is 64.3. The number of carbonyl (C=O) groups excluding carboxylic acids is 9. The first-order valence-corrected chi connectivity index (χ1v) is 47.2. The first kappa shape index (κ1) is 91.7. The van der Waals surface area contributed by atoms with E-state index in [4.69, 9.17) is 55.8 Å². The van der Waals surface area contributed by atoms with Crippen molar-refractivity contribution in [2.75, 3.05) is 7.11 Å². The molecule has 14 heterocycles.